The third kappa shape index (κ3) is 2.92. The fraction of sp³-hybridized carbons (Fsp3) is 0.0909. The number of hydrogen-bond donors (Lipinski definition) is 2. The van der Waals surface area contributed by atoms with E-state index in [9.17, 15) is 4.79 Å². The van der Waals surface area contributed by atoms with Crippen molar-refractivity contribution in [1.82, 2.24) is 15.2 Å². The molecule has 0 aliphatic heterocycles. The Morgan fingerprint density at radius 1 is 1.39 bits per heavy atom. The number of aromatic nitrogens is 3. The highest BCUT2D eigenvalue weighted by atomic mass is 35.5. The van der Waals surface area contributed by atoms with Gasteiger partial charge in [0.25, 0.3) is 0 Å². The second-order valence-corrected chi connectivity index (χ2v) is 3.79. The van der Waals surface area contributed by atoms with E-state index < -0.39 is 5.97 Å². The van der Waals surface area contributed by atoms with Gasteiger partial charge in [-0.25, -0.2) is 9.78 Å². The molecule has 0 atom stereocenters. The number of carboxylic acids is 1. The van der Waals surface area contributed by atoms with Gasteiger partial charge in [-0.2, -0.15) is 10.2 Å². The first kappa shape index (κ1) is 12.3. The largest absolute Gasteiger partial charge is 0.478 e. The van der Waals surface area contributed by atoms with Crippen molar-refractivity contribution >= 4 is 23.4 Å². The van der Waals surface area contributed by atoms with E-state index in [0.717, 1.165) is 0 Å². The Hall–Kier alpha value is -2.21. The van der Waals surface area contributed by atoms with Crippen molar-refractivity contribution < 1.29 is 9.90 Å². The van der Waals surface area contributed by atoms with Gasteiger partial charge in [-0.1, -0.05) is 11.6 Å². The molecule has 2 aromatic heterocycles. The average molecular weight is 265 g/mol. The number of nitrogens with zero attached hydrogens (tertiary/aromatic N) is 3. The molecule has 0 aromatic carbocycles. The van der Waals surface area contributed by atoms with Crippen molar-refractivity contribution in [1.29, 1.82) is 0 Å². The molecule has 7 heteroatoms. The van der Waals surface area contributed by atoms with Gasteiger partial charge in [0.2, 0.25) is 0 Å². The molecule has 0 amide bonds. The molecule has 0 saturated heterocycles. The first-order valence-electron chi connectivity index (χ1n) is 5.07. The lowest BCUT2D eigenvalue weighted by molar-refractivity contribution is 0.0697. The molecule has 2 heterocycles. The van der Waals surface area contributed by atoms with Crippen LogP contribution in [-0.4, -0.2) is 26.3 Å². The van der Waals surface area contributed by atoms with Crippen LogP contribution in [0.5, 0.6) is 0 Å². The topological polar surface area (TPSA) is 88.0 Å². The maximum Gasteiger partial charge on any atom is 0.339 e. The molecule has 0 saturated carbocycles. The van der Waals surface area contributed by atoms with Gasteiger partial charge in [-0.3, -0.25) is 0 Å². The fourth-order valence-corrected chi connectivity index (χ4v) is 1.49. The Morgan fingerprint density at radius 3 is 2.89 bits per heavy atom. The van der Waals surface area contributed by atoms with Gasteiger partial charge in [-0.15, -0.1) is 0 Å². The Bertz CT molecular complexity index is 562. The van der Waals surface area contributed by atoms with E-state index >= 15 is 0 Å². The molecule has 2 N–H and O–H groups in total. The molecule has 0 bridgehead atoms. The van der Waals surface area contributed by atoms with E-state index in [1.807, 2.05) is 0 Å². The first-order chi connectivity index (χ1) is 8.66. The predicted molar refractivity (Wildman–Crippen MR) is 65.6 cm³/mol. The molecule has 2 aromatic rings. The SMILES string of the molecule is O=C(O)c1ccc(Cl)nc1NCc1cccnn1. The summed E-state index contributed by atoms with van der Waals surface area (Å²) in [7, 11) is 0. The second-order valence-electron chi connectivity index (χ2n) is 3.40. The summed E-state index contributed by atoms with van der Waals surface area (Å²) in [5, 5.41) is 19.7. The van der Waals surface area contributed by atoms with Crippen molar-refractivity contribution in [2.75, 3.05) is 5.32 Å². The van der Waals surface area contributed by atoms with Crippen LogP contribution in [-0.2, 0) is 6.54 Å². The number of nitrogens with one attached hydrogen (secondary N) is 1. The van der Waals surface area contributed by atoms with Crippen molar-refractivity contribution in [3.8, 4) is 0 Å². The molecule has 18 heavy (non-hydrogen) atoms. The molecular formula is C11H9ClN4O2. The molecule has 0 aliphatic rings. The van der Waals surface area contributed by atoms with Crippen LogP contribution in [0.2, 0.25) is 5.15 Å². The number of rotatable bonds is 4. The molecule has 2 rings (SSSR count). The maximum atomic E-state index is 11.0. The molecule has 0 fully saturated rings. The summed E-state index contributed by atoms with van der Waals surface area (Å²) < 4.78 is 0. The lowest BCUT2D eigenvalue weighted by atomic mass is 10.2. The summed E-state index contributed by atoms with van der Waals surface area (Å²) in [5.74, 6) is -0.860. The highest BCUT2D eigenvalue weighted by molar-refractivity contribution is 6.29. The predicted octanol–water partition coefficient (Wildman–Crippen LogP) is 1.84. The number of hydrogen-bond acceptors (Lipinski definition) is 5. The van der Waals surface area contributed by atoms with Crippen LogP contribution in [0.3, 0.4) is 0 Å². The summed E-state index contributed by atoms with van der Waals surface area (Å²) in [4.78, 5) is 14.9. The highest BCUT2D eigenvalue weighted by Gasteiger charge is 2.11. The summed E-state index contributed by atoms with van der Waals surface area (Å²) in [6.45, 7) is 0.321. The molecule has 0 aliphatic carbocycles. The minimum Gasteiger partial charge on any atom is -0.478 e. The Morgan fingerprint density at radius 2 is 2.22 bits per heavy atom. The minimum atomic E-state index is -1.07. The molecule has 0 spiro atoms. The van der Waals surface area contributed by atoms with Gasteiger partial charge < -0.3 is 10.4 Å². The maximum absolute atomic E-state index is 11.0. The van der Waals surface area contributed by atoms with E-state index in [2.05, 4.69) is 20.5 Å². The summed E-state index contributed by atoms with van der Waals surface area (Å²) >= 11 is 5.73. The number of carbonyl (C=O) groups is 1. The Balaban J connectivity index is 2.18. The summed E-state index contributed by atoms with van der Waals surface area (Å²) in [6, 6.07) is 6.34. The van der Waals surface area contributed by atoms with Crippen LogP contribution in [0.15, 0.2) is 30.5 Å². The van der Waals surface area contributed by atoms with Crippen molar-refractivity contribution in [2.24, 2.45) is 0 Å². The standard InChI is InChI=1S/C11H9ClN4O2/c12-9-4-3-8(11(17)18)10(15-9)13-6-7-2-1-5-14-16-7/h1-5H,6H2,(H,13,15)(H,17,18). The van der Waals surface area contributed by atoms with Crippen LogP contribution in [0, 0.1) is 0 Å². The number of pyridine rings is 1. The lowest BCUT2D eigenvalue weighted by Gasteiger charge is -2.07. The third-order valence-corrected chi connectivity index (χ3v) is 2.37. The minimum absolute atomic E-state index is 0.0586. The van der Waals surface area contributed by atoms with E-state index in [4.69, 9.17) is 16.7 Å². The second kappa shape index (κ2) is 5.42. The molecule has 0 unspecified atom stereocenters. The number of halogens is 1. The smallest absolute Gasteiger partial charge is 0.339 e. The van der Waals surface area contributed by atoms with Crippen LogP contribution in [0.1, 0.15) is 16.1 Å². The van der Waals surface area contributed by atoms with Crippen molar-refractivity contribution in [3.05, 3.63) is 46.9 Å². The van der Waals surface area contributed by atoms with Gasteiger partial charge in [-0.05, 0) is 24.3 Å². The lowest BCUT2D eigenvalue weighted by Crippen LogP contribution is -2.09. The monoisotopic (exact) mass is 264 g/mol. The van der Waals surface area contributed by atoms with Crippen LogP contribution in [0.25, 0.3) is 0 Å². The third-order valence-electron chi connectivity index (χ3n) is 2.16. The number of carboxylic acid groups (broad SMARTS) is 1. The van der Waals surface area contributed by atoms with Gasteiger partial charge in [0.15, 0.2) is 0 Å². The Labute approximate surface area is 108 Å². The zero-order valence-electron chi connectivity index (χ0n) is 9.17. The van der Waals surface area contributed by atoms with Gasteiger partial charge in [0.05, 0.1) is 12.2 Å². The molecule has 6 nitrogen and oxygen atoms in total. The average Bonchev–Trinajstić information content (AvgIpc) is 2.37. The van der Waals surface area contributed by atoms with Gasteiger partial charge >= 0.3 is 5.97 Å². The van der Waals surface area contributed by atoms with Crippen molar-refractivity contribution in [2.45, 2.75) is 6.54 Å². The first-order valence-corrected chi connectivity index (χ1v) is 5.45. The molecular weight excluding hydrogens is 256 g/mol. The number of aromatic carboxylic acids is 1. The normalized spacial score (nSPS) is 10.1. The molecule has 92 valence electrons. The van der Waals surface area contributed by atoms with E-state index in [-0.39, 0.29) is 16.5 Å². The van der Waals surface area contributed by atoms with Crippen LogP contribution < -0.4 is 5.32 Å². The van der Waals surface area contributed by atoms with E-state index in [0.29, 0.717) is 12.2 Å². The highest BCUT2D eigenvalue weighted by Crippen LogP contribution is 2.17. The summed E-state index contributed by atoms with van der Waals surface area (Å²) in [5.41, 5.74) is 0.735. The summed E-state index contributed by atoms with van der Waals surface area (Å²) in [6.07, 6.45) is 1.56. The van der Waals surface area contributed by atoms with E-state index in [1.54, 1.807) is 18.3 Å². The fourth-order valence-electron chi connectivity index (χ4n) is 1.34. The quantitative estimate of drug-likeness (QED) is 0.819. The number of anilines is 1. The zero-order valence-corrected chi connectivity index (χ0v) is 9.92. The van der Waals surface area contributed by atoms with Crippen LogP contribution >= 0.6 is 11.6 Å². The van der Waals surface area contributed by atoms with Gasteiger partial charge in [0, 0.05) is 6.20 Å². The Kier molecular flexibility index (Phi) is 3.69. The van der Waals surface area contributed by atoms with Gasteiger partial charge in [0.1, 0.15) is 16.5 Å². The van der Waals surface area contributed by atoms with Crippen molar-refractivity contribution in [3.63, 3.8) is 0 Å². The molecule has 0 radical (unpaired) electrons. The van der Waals surface area contributed by atoms with E-state index in [1.165, 1.54) is 12.1 Å². The zero-order chi connectivity index (χ0) is 13.0. The van der Waals surface area contributed by atoms with Crippen LogP contribution in [0.4, 0.5) is 5.82 Å².